The maximum atomic E-state index is 12.0. The highest BCUT2D eigenvalue weighted by Gasteiger charge is 2.21. The van der Waals surface area contributed by atoms with Crippen LogP contribution < -0.4 is 5.32 Å². The highest BCUT2D eigenvalue weighted by atomic mass is 32.2. The van der Waals surface area contributed by atoms with Gasteiger partial charge in [-0.1, -0.05) is 30.8 Å². The van der Waals surface area contributed by atoms with Crippen LogP contribution in [0.2, 0.25) is 0 Å². The van der Waals surface area contributed by atoms with Crippen LogP contribution in [0.1, 0.15) is 23.7 Å². The Hall–Kier alpha value is -1.64. The molecule has 0 atom stereocenters. The molecule has 1 aromatic rings. The van der Waals surface area contributed by atoms with Crippen molar-refractivity contribution in [3.63, 3.8) is 0 Å². The van der Waals surface area contributed by atoms with E-state index in [4.69, 9.17) is 4.55 Å². The molecule has 0 fully saturated rings. The Morgan fingerprint density at radius 3 is 2.70 bits per heavy atom. The van der Waals surface area contributed by atoms with Crippen molar-refractivity contribution in [2.75, 3.05) is 0 Å². The van der Waals surface area contributed by atoms with Gasteiger partial charge in [0.15, 0.2) is 5.17 Å². The minimum atomic E-state index is -4.47. The third kappa shape index (κ3) is 3.27. The number of nitrogens with zero attached hydrogens (tertiary/aromatic N) is 2. The zero-order valence-corrected chi connectivity index (χ0v) is 12.1. The van der Waals surface area contributed by atoms with Crippen molar-refractivity contribution in [1.82, 2.24) is 5.32 Å². The Kier molecular flexibility index (Phi) is 4.26. The fourth-order valence-corrected chi connectivity index (χ4v) is 2.93. The Balaban J connectivity index is 2.30. The highest BCUT2D eigenvalue weighted by Crippen LogP contribution is 2.26. The molecule has 8 heteroatoms. The molecule has 1 amide bonds. The van der Waals surface area contributed by atoms with Crippen LogP contribution in [0.4, 0.5) is 0 Å². The minimum absolute atomic E-state index is 0.178. The van der Waals surface area contributed by atoms with Crippen LogP contribution in [-0.2, 0) is 10.1 Å². The third-order valence-corrected chi connectivity index (χ3v) is 4.43. The van der Waals surface area contributed by atoms with Crippen molar-refractivity contribution >= 4 is 33.0 Å². The van der Waals surface area contributed by atoms with E-state index in [-0.39, 0.29) is 10.7 Å². The predicted molar refractivity (Wildman–Crippen MR) is 76.1 cm³/mol. The van der Waals surface area contributed by atoms with Crippen LogP contribution in [0, 0.1) is 0 Å². The highest BCUT2D eigenvalue weighted by molar-refractivity contribution is 8.17. The maximum absolute atomic E-state index is 12.0. The van der Waals surface area contributed by atoms with Gasteiger partial charge in [0, 0.05) is 11.1 Å². The van der Waals surface area contributed by atoms with E-state index in [0.717, 1.165) is 17.4 Å². The molecule has 2 rings (SSSR count). The van der Waals surface area contributed by atoms with Crippen molar-refractivity contribution in [1.29, 1.82) is 0 Å². The number of allylic oxidation sites excluding steroid dienone is 1. The molecular weight excluding hydrogens is 300 g/mol. The first-order valence-electron chi connectivity index (χ1n) is 5.69. The average Bonchev–Trinajstić information content (AvgIpc) is 2.85. The molecule has 1 N–H and O–H groups in total. The van der Waals surface area contributed by atoms with Gasteiger partial charge in [-0.15, -0.1) is 0 Å². The topological polar surface area (TPSA) is 97.9 Å². The Morgan fingerprint density at radius 2 is 2.10 bits per heavy atom. The smallest absolute Gasteiger partial charge is 0.282 e. The summed E-state index contributed by atoms with van der Waals surface area (Å²) in [5, 5.41) is 4.22. The number of aliphatic imine (C=N–C) groups is 1. The summed E-state index contributed by atoms with van der Waals surface area (Å²) in [5.41, 5.74) is -0.178. The molecule has 0 aromatic heterocycles. The van der Waals surface area contributed by atoms with E-state index in [0.29, 0.717) is 0 Å². The van der Waals surface area contributed by atoms with Crippen molar-refractivity contribution in [2.45, 2.75) is 18.2 Å². The number of amides is 1. The van der Waals surface area contributed by atoms with Crippen LogP contribution in [0.25, 0.3) is 0 Å². The number of amidine groups is 1. The molecule has 0 saturated carbocycles. The molecule has 1 radical (unpaired) electrons. The molecule has 1 heterocycles. The second-order valence-corrected chi connectivity index (χ2v) is 6.33. The van der Waals surface area contributed by atoms with E-state index < -0.39 is 20.9 Å². The Morgan fingerprint density at radius 1 is 1.40 bits per heavy atom. The predicted octanol–water partition coefficient (Wildman–Crippen LogP) is 2.03. The maximum Gasteiger partial charge on any atom is 0.295 e. The van der Waals surface area contributed by atoms with Gasteiger partial charge in [-0.05, 0) is 18.6 Å². The standard InChI is InChI=1S/C12H11N2O4S2/c1-2-8-7-13-12(19-8)14-11(15)9-5-3-4-6-10(9)20(16,17)18/h3-7H,2H2,1H3,(H,16,17,18). The van der Waals surface area contributed by atoms with Gasteiger partial charge >= 0.3 is 0 Å². The second-order valence-electron chi connectivity index (χ2n) is 3.85. The molecule has 6 nitrogen and oxygen atoms in total. The van der Waals surface area contributed by atoms with Crippen molar-refractivity contribution in [3.8, 4) is 0 Å². The monoisotopic (exact) mass is 311 g/mol. The van der Waals surface area contributed by atoms with Crippen LogP contribution >= 0.6 is 11.8 Å². The molecule has 0 unspecified atom stereocenters. The molecular formula is C12H11N2O4S2. The first-order valence-corrected chi connectivity index (χ1v) is 7.94. The summed E-state index contributed by atoms with van der Waals surface area (Å²) < 4.78 is 31.5. The van der Waals surface area contributed by atoms with E-state index >= 15 is 0 Å². The van der Waals surface area contributed by atoms with Gasteiger partial charge in [0.25, 0.3) is 16.0 Å². The van der Waals surface area contributed by atoms with Gasteiger partial charge < -0.3 is 0 Å². The first kappa shape index (κ1) is 14.8. The summed E-state index contributed by atoms with van der Waals surface area (Å²) in [7, 11) is -4.47. The van der Waals surface area contributed by atoms with Crippen molar-refractivity contribution in [2.24, 2.45) is 4.99 Å². The van der Waals surface area contributed by atoms with Crippen LogP contribution in [0.15, 0.2) is 45.3 Å². The SMILES string of the molecule is CCC1=C[N]C(=NC(=O)c2ccccc2S(=O)(=O)O)S1. The van der Waals surface area contributed by atoms with Gasteiger partial charge in [0.2, 0.25) is 0 Å². The zero-order chi connectivity index (χ0) is 14.8. The lowest BCUT2D eigenvalue weighted by Gasteiger charge is -2.03. The number of carbonyl (C=O) groups excluding carboxylic acids is 1. The van der Waals surface area contributed by atoms with Crippen LogP contribution in [0.5, 0.6) is 0 Å². The van der Waals surface area contributed by atoms with Gasteiger partial charge in [0.05, 0.1) is 5.56 Å². The summed E-state index contributed by atoms with van der Waals surface area (Å²) in [6.07, 6.45) is 2.40. The summed E-state index contributed by atoms with van der Waals surface area (Å²) in [5.74, 6) is -0.754. The lowest BCUT2D eigenvalue weighted by molar-refractivity contribution is 0.0999. The number of thioether (sulfide) groups is 1. The quantitative estimate of drug-likeness (QED) is 0.861. The van der Waals surface area contributed by atoms with E-state index in [2.05, 4.69) is 10.3 Å². The van der Waals surface area contributed by atoms with Crippen molar-refractivity contribution in [3.05, 3.63) is 40.9 Å². The molecule has 1 aromatic carbocycles. The van der Waals surface area contributed by atoms with E-state index in [1.54, 1.807) is 6.20 Å². The van der Waals surface area contributed by atoms with Crippen molar-refractivity contribution < 1.29 is 17.8 Å². The summed E-state index contributed by atoms with van der Waals surface area (Å²) in [4.78, 5) is 16.3. The summed E-state index contributed by atoms with van der Waals surface area (Å²) in [6, 6.07) is 5.36. The summed E-state index contributed by atoms with van der Waals surface area (Å²) >= 11 is 1.26. The van der Waals surface area contributed by atoms with Crippen LogP contribution in [-0.4, -0.2) is 24.0 Å². The van der Waals surface area contributed by atoms with E-state index in [9.17, 15) is 13.2 Å². The fourth-order valence-electron chi connectivity index (χ4n) is 1.53. The summed E-state index contributed by atoms with van der Waals surface area (Å²) in [6.45, 7) is 1.95. The molecule has 0 saturated heterocycles. The lowest BCUT2D eigenvalue weighted by atomic mass is 10.2. The number of rotatable bonds is 3. The number of benzene rings is 1. The molecule has 0 bridgehead atoms. The minimum Gasteiger partial charge on any atom is -0.282 e. The number of carbonyl (C=O) groups is 1. The molecule has 1 aliphatic rings. The number of hydrogen-bond acceptors (Lipinski definition) is 4. The van der Waals surface area contributed by atoms with Gasteiger partial charge in [-0.2, -0.15) is 13.4 Å². The lowest BCUT2D eigenvalue weighted by Crippen LogP contribution is -2.10. The van der Waals surface area contributed by atoms with E-state index in [1.807, 2.05) is 6.92 Å². The van der Waals surface area contributed by atoms with Gasteiger partial charge in [-0.25, -0.2) is 5.32 Å². The zero-order valence-electron chi connectivity index (χ0n) is 10.5. The van der Waals surface area contributed by atoms with Gasteiger partial charge in [-0.3, -0.25) is 9.35 Å². The Labute approximate surface area is 120 Å². The second kappa shape index (κ2) is 5.78. The molecule has 1 aliphatic heterocycles. The fraction of sp³-hybridized carbons (Fsp3) is 0.167. The number of hydrogen-bond donors (Lipinski definition) is 1. The molecule has 105 valence electrons. The Bertz CT molecular complexity index is 708. The molecule has 20 heavy (non-hydrogen) atoms. The molecule has 0 spiro atoms. The van der Waals surface area contributed by atoms with E-state index in [1.165, 1.54) is 30.0 Å². The third-order valence-electron chi connectivity index (χ3n) is 2.48. The average molecular weight is 311 g/mol. The van der Waals surface area contributed by atoms with Gasteiger partial charge in [0.1, 0.15) is 4.90 Å². The largest absolute Gasteiger partial charge is 0.295 e. The normalized spacial score (nSPS) is 16.9. The van der Waals surface area contributed by atoms with Crippen LogP contribution in [0.3, 0.4) is 0 Å². The first-order chi connectivity index (χ1) is 9.41. The molecule has 0 aliphatic carbocycles.